The molecule has 4 nitrogen and oxygen atoms in total. The number of hydrogen-bond donors (Lipinski definition) is 0. The van der Waals surface area contributed by atoms with Crippen molar-refractivity contribution in [3.8, 4) is 78.1 Å². The van der Waals surface area contributed by atoms with Gasteiger partial charge in [0.25, 0.3) is 0 Å². The van der Waals surface area contributed by atoms with Gasteiger partial charge >= 0.3 is 668 Å². The average molecular weight is 1680 g/mol. The van der Waals surface area contributed by atoms with Crippen LogP contribution in [-0.4, -0.2) is 37.5 Å². The SMILES string of the molecule is [2H]c1c([2H])c([2H])c(-c2ccc3c(c2)B2c4c(cc5c(c4[Se]3)N(c3c(-c4ccccc4)cc(C(C)(C)C)cc3-c3ccccc3)c3cc(C(C)(C)C)cc4c3B5c3c([2H])c([2H])c(-n5c6c([2H])c([2H])c(C(C)(C)C)c([2H])c6c6c([2H])c(C(C)(C)C)c([2H])c([2H])c65)c([2H])c3N4c3c(-c4ccccc4)cc(C(C)(C)C)cc3-c3ccccc3)-n3c4c([2H])c([2H])c(-c5c([2H])c([2H])c([2H])c([2H])c5[2H])c([2H])c4c4c([2H])c([2H])c([2H])c2c43)c([2H])c1[2H]. The Morgan fingerprint density at radius 1 is 0.276 bits per heavy atom. The van der Waals surface area contributed by atoms with E-state index in [1.54, 1.807) is 16.7 Å². The van der Waals surface area contributed by atoms with E-state index in [1.165, 1.54) is 4.57 Å². The van der Waals surface area contributed by atoms with Gasteiger partial charge in [-0.1, -0.05) is 74.4 Å². The molecule has 0 aliphatic carbocycles. The zero-order chi connectivity index (χ0) is 106. The topological polar surface area (TPSA) is 16.3 Å². The van der Waals surface area contributed by atoms with Crippen LogP contribution in [0.3, 0.4) is 0 Å². The summed E-state index contributed by atoms with van der Waals surface area (Å²) >= 11 is -1.13. The molecule has 0 radical (unpaired) electrons. The first kappa shape index (κ1) is 54.0. The molecule has 4 aliphatic heterocycles. The molecule has 18 aromatic rings. The summed E-state index contributed by atoms with van der Waals surface area (Å²) in [6.07, 6.45) is 0. The van der Waals surface area contributed by atoms with Crippen molar-refractivity contribution in [1.29, 1.82) is 0 Å². The Morgan fingerprint density at radius 3 is 1.23 bits per heavy atom. The van der Waals surface area contributed by atoms with Crippen LogP contribution in [0.2, 0.25) is 0 Å². The average Bonchev–Trinajstić information content (AvgIpc) is 1.61. The van der Waals surface area contributed by atoms with Gasteiger partial charge in [0.2, 0.25) is 0 Å². The van der Waals surface area contributed by atoms with Crippen LogP contribution < -0.4 is 51.5 Å². The minimum atomic E-state index is -1.42. The van der Waals surface area contributed by atoms with Crippen LogP contribution in [0.1, 0.15) is 166 Å². The molecule has 22 rings (SSSR count). The molecular formula is C116H100B2N4Se. The molecule has 7 heteroatoms. The van der Waals surface area contributed by atoms with Gasteiger partial charge in [-0.3, -0.25) is 0 Å². The summed E-state index contributed by atoms with van der Waals surface area (Å²) in [7, 11) is 0. The molecule has 0 atom stereocenters. The summed E-state index contributed by atoms with van der Waals surface area (Å²) in [6.45, 7) is 27.5. The van der Waals surface area contributed by atoms with Crippen molar-refractivity contribution < 1.29 is 34.3 Å². The van der Waals surface area contributed by atoms with E-state index in [4.69, 9.17) is 8.22 Å². The number of aromatic nitrogens is 2. The third-order valence-corrected chi connectivity index (χ3v) is 27.5. The normalized spacial score (nSPS) is 16.4. The van der Waals surface area contributed by atoms with Gasteiger partial charge in [0, 0.05) is 0 Å². The van der Waals surface area contributed by atoms with E-state index >= 15 is 0 Å². The molecule has 0 saturated carbocycles. The van der Waals surface area contributed by atoms with E-state index in [0.717, 1.165) is 50.1 Å². The molecule has 123 heavy (non-hydrogen) atoms. The van der Waals surface area contributed by atoms with Crippen LogP contribution in [0.5, 0.6) is 0 Å². The summed E-state index contributed by atoms with van der Waals surface area (Å²) < 4.78 is 260. The Morgan fingerprint density at radius 2 is 0.724 bits per heavy atom. The van der Waals surface area contributed by atoms with E-state index in [1.807, 2.05) is 151 Å². The van der Waals surface area contributed by atoms with Gasteiger partial charge in [-0.25, -0.2) is 0 Å². The first-order valence-corrected chi connectivity index (χ1v) is 43.7. The molecule has 4 aliphatic rings. The van der Waals surface area contributed by atoms with Gasteiger partial charge in [-0.05, 0) is 22.0 Å². The third-order valence-electron chi connectivity index (χ3n) is 24.9. The number of para-hydroxylation sites is 1. The quantitative estimate of drug-likeness (QED) is 0.134. The molecule has 0 unspecified atom stereocenters. The van der Waals surface area contributed by atoms with Crippen LogP contribution in [-0.2, 0) is 27.1 Å². The van der Waals surface area contributed by atoms with Crippen molar-refractivity contribution in [2.24, 2.45) is 0 Å². The summed E-state index contributed by atoms with van der Waals surface area (Å²) in [5, 5.41) is -0.504. The molecule has 0 fully saturated rings. The predicted octanol–water partition coefficient (Wildman–Crippen LogP) is 25.3. The molecule has 596 valence electrons. The predicted molar refractivity (Wildman–Crippen MR) is 531 cm³/mol. The number of fused-ring (bicyclic) bond motifs is 15. The van der Waals surface area contributed by atoms with E-state index in [2.05, 4.69) is 133 Å². The van der Waals surface area contributed by atoms with Gasteiger partial charge in [0.05, 0.1) is 6.85 Å². The van der Waals surface area contributed by atoms with Gasteiger partial charge in [-0.2, -0.15) is 0 Å². The molecule has 2 aromatic heterocycles. The standard InChI is InChI=1S/C116H100B2N4Se/c1-112(2,3)79-51-56-97-91(61-79)92-62-80(113(4,5)6)52-57-98(92)119(97)84-53-54-93-100(69-84)121(107-86(73-39-26-18-27-40-73)63-81(114(7,8)9)64-87(107)74-41-28-19-29-42-74)101-67-83(116(13,14)15)68-102-105(101)117(93)96-70-103-106-111(110(96)122(102)108-88(75-43-30-20-31-44-75)65-82(115(10,11)12)66-89(108)76-45-32-21-33-46-76)123-104-58-50-78(72-37-24-17-25-38-72)60-95(104)118(106)94-48-34-47-85-90-59-77(71-35-22-16-23-36-71)49-55-99(90)120(103)109(85)94/h16-70H,1-15H3/i16D,17D,22D,23D,24D,25D,34D,35D,36D,37D,38D,47D,48D,49D,51D,52D,53D,54D,55D,56D,57D,59D,61D,62D,69D. The Balaban J connectivity index is 1.02. The Kier molecular flexibility index (Phi) is 12.3. The summed E-state index contributed by atoms with van der Waals surface area (Å²) in [6, 6.07) is 45.9. The molecule has 0 saturated heterocycles. The number of nitrogens with zero attached hydrogens (tertiary/aromatic N) is 4. The second-order valence-electron chi connectivity index (χ2n) is 38.0. The van der Waals surface area contributed by atoms with Gasteiger partial charge in [0.15, 0.2) is 0 Å². The number of rotatable bonds is 9. The van der Waals surface area contributed by atoms with Crippen molar-refractivity contribution in [1.82, 2.24) is 9.13 Å². The fourth-order valence-corrected chi connectivity index (χ4v) is 21.3. The van der Waals surface area contributed by atoms with Crippen LogP contribution in [0.15, 0.2) is 333 Å². The van der Waals surface area contributed by atoms with Crippen LogP contribution >= 0.6 is 0 Å². The molecule has 0 bridgehead atoms. The molecule has 0 spiro atoms. The number of anilines is 6. The van der Waals surface area contributed by atoms with Crippen molar-refractivity contribution >= 4 is 148 Å². The maximum absolute atomic E-state index is 12.4. The summed E-state index contributed by atoms with van der Waals surface area (Å²) in [5.41, 5.74) is 7.21. The molecule has 0 N–H and O–H groups in total. The number of benzene rings is 16. The van der Waals surface area contributed by atoms with Gasteiger partial charge < -0.3 is 0 Å². The Bertz CT molecular complexity index is 8760. The Hall–Kier alpha value is -12.6. The number of hydrogen-bond acceptors (Lipinski definition) is 2. The van der Waals surface area contributed by atoms with E-state index in [-0.39, 0.29) is 118 Å². The fourth-order valence-electron chi connectivity index (χ4n) is 18.6. The molecular weight excluding hydrogens is 1550 g/mol. The zero-order valence-electron chi connectivity index (χ0n) is 96.2. The second kappa shape index (κ2) is 28.0. The van der Waals surface area contributed by atoms with Crippen LogP contribution in [0.25, 0.3) is 122 Å². The summed E-state index contributed by atoms with van der Waals surface area (Å²) in [4.78, 5) is 4.39. The first-order chi connectivity index (χ1) is 69.6. The molecule has 16 aromatic carbocycles. The van der Waals surface area contributed by atoms with Crippen molar-refractivity contribution in [3.63, 3.8) is 0 Å². The fraction of sp³-hybridized carbons (Fsp3) is 0.172. The van der Waals surface area contributed by atoms with Gasteiger partial charge in [-0.15, -0.1) is 0 Å². The maximum atomic E-state index is 12.4. The van der Waals surface area contributed by atoms with Crippen LogP contribution in [0.4, 0.5) is 34.1 Å². The van der Waals surface area contributed by atoms with Crippen molar-refractivity contribution in [2.45, 2.75) is 131 Å². The molecule has 0 amide bonds. The zero-order valence-corrected chi connectivity index (χ0v) is 72.9. The first-order valence-electron chi connectivity index (χ1n) is 54.5. The monoisotopic (exact) mass is 1680 g/mol. The second-order valence-corrected chi connectivity index (χ2v) is 40.2. The minimum absolute atomic E-state index is 0.00116. The van der Waals surface area contributed by atoms with E-state index < -0.39 is 193 Å². The summed E-state index contributed by atoms with van der Waals surface area (Å²) in [5.74, 6) is 0. The van der Waals surface area contributed by atoms with Gasteiger partial charge in [0.1, 0.15) is 0 Å². The third kappa shape index (κ3) is 12.3. The molecule has 6 heterocycles. The Labute approximate surface area is 767 Å². The van der Waals surface area contributed by atoms with Crippen LogP contribution in [0, 0.1) is 0 Å². The van der Waals surface area contributed by atoms with Crippen molar-refractivity contribution in [3.05, 3.63) is 361 Å². The van der Waals surface area contributed by atoms with E-state index in [0.29, 0.717) is 70.3 Å². The van der Waals surface area contributed by atoms with E-state index in [9.17, 15) is 26.0 Å². The van der Waals surface area contributed by atoms with Crippen molar-refractivity contribution in [2.75, 3.05) is 9.80 Å².